The third-order valence-electron chi connectivity index (χ3n) is 5.48. The van der Waals surface area contributed by atoms with Gasteiger partial charge in [0.25, 0.3) is 0 Å². The standard InChI is InChI=1S/C23H30N2O2/c1-3-21(18-9-5-4-6-10-18)23(26)24-17-22(25-15-7-8-16-25)19-11-13-20(27-2)14-12-19/h4-6,9-14,21-22H,3,7-8,15-17H2,1-2H3,(H,24,26)/t21-,22+/m0/s1. The molecule has 1 aliphatic rings. The van der Waals surface area contributed by atoms with Crippen molar-refractivity contribution in [2.24, 2.45) is 0 Å². The van der Waals surface area contributed by atoms with Crippen LogP contribution in [-0.2, 0) is 4.79 Å². The fourth-order valence-electron chi connectivity index (χ4n) is 3.92. The summed E-state index contributed by atoms with van der Waals surface area (Å²) in [5.74, 6) is 0.876. The van der Waals surface area contributed by atoms with Gasteiger partial charge in [-0.25, -0.2) is 0 Å². The van der Waals surface area contributed by atoms with Gasteiger partial charge in [-0.15, -0.1) is 0 Å². The first kappa shape index (κ1) is 19.4. The topological polar surface area (TPSA) is 41.6 Å². The fourth-order valence-corrected chi connectivity index (χ4v) is 3.92. The molecule has 0 unspecified atom stereocenters. The molecule has 1 N–H and O–H groups in total. The number of methoxy groups -OCH3 is 1. The molecule has 4 heteroatoms. The monoisotopic (exact) mass is 366 g/mol. The number of nitrogens with zero attached hydrogens (tertiary/aromatic N) is 1. The molecule has 2 aromatic carbocycles. The number of hydrogen-bond donors (Lipinski definition) is 1. The zero-order chi connectivity index (χ0) is 19.1. The number of benzene rings is 2. The lowest BCUT2D eigenvalue weighted by molar-refractivity contribution is -0.122. The first-order valence-corrected chi connectivity index (χ1v) is 9.93. The summed E-state index contributed by atoms with van der Waals surface area (Å²) in [6.07, 6.45) is 3.25. The van der Waals surface area contributed by atoms with Gasteiger partial charge in [-0.1, -0.05) is 49.4 Å². The molecule has 1 heterocycles. The minimum absolute atomic E-state index is 0.0960. The van der Waals surface area contributed by atoms with E-state index in [4.69, 9.17) is 4.74 Å². The Morgan fingerprint density at radius 3 is 2.30 bits per heavy atom. The van der Waals surface area contributed by atoms with Gasteiger partial charge in [0.15, 0.2) is 0 Å². The van der Waals surface area contributed by atoms with Gasteiger partial charge in [0.05, 0.1) is 19.1 Å². The van der Waals surface area contributed by atoms with Crippen molar-refractivity contribution in [1.29, 1.82) is 0 Å². The predicted molar refractivity (Wildman–Crippen MR) is 109 cm³/mol. The van der Waals surface area contributed by atoms with E-state index >= 15 is 0 Å². The summed E-state index contributed by atoms with van der Waals surface area (Å²) in [5.41, 5.74) is 2.31. The molecular formula is C23H30N2O2. The molecule has 0 radical (unpaired) electrons. The van der Waals surface area contributed by atoms with Gasteiger partial charge in [0.1, 0.15) is 5.75 Å². The van der Waals surface area contributed by atoms with E-state index in [0.29, 0.717) is 6.54 Å². The minimum atomic E-state index is -0.0960. The van der Waals surface area contributed by atoms with Crippen LogP contribution < -0.4 is 10.1 Å². The molecule has 27 heavy (non-hydrogen) atoms. The molecule has 0 aromatic heterocycles. The summed E-state index contributed by atoms with van der Waals surface area (Å²) in [5, 5.41) is 3.22. The number of hydrogen-bond acceptors (Lipinski definition) is 3. The summed E-state index contributed by atoms with van der Waals surface area (Å²) in [7, 11) is 1.68. The molecule has 0 aliphatic carbocycles. The van der Waals surface area contributed by atoms with Crippen LogP contribution in [0, 0.1) is 0 Å². The number of ether oxygens (including phenoxy) is 1. The maximum absolute atomic E-state index is 12.9. The van der Waals surface area contributed by atoms with Crippen LogP contribution in [0.15, 0.2) is 54.6 Å². The second-order valence-corrected chi connectivity index (χ2v) is 7.15. The summed E-state index contributed by atoms with van der Waals surface area (Å²) in [6.45, 7) is 4.87. The highest BCUT2D eigenvalue weighted by Gasteiger charge is 2.25. The van der Waals surface area contributed by atoms with Gasteiger partial charge in [-0.3, -0.25) is 9.69 Å². The predicted octanol–water partition coefficient (Wildman–Crippen LogP) is 4.14. The average molecular weight is 367 g/mol. The van der Waals surface area contributed by atoms with Gasteiger partial charge in [-0.2, -0.15) is 0 Å². The molecule has 1 amide bonds. The fraction of sp³-hybridized carbons (Fsp3) is 0.435. The van der Waals surface area contributed by atoms with Crippen molar-refractivity contribution in [1.82, 2.24) is 10.2 Å². The van der Waals surface area contributed by atoms with Crippen molar-refractivity contribution in [2.45, 2.75) is 38.1 Å². The quantitative estimate of drug-likeness (QED) is 0.763. The van der Waals surface area contributed by atoms with Crippen molar-refractivity contribution in [3.05, 3.63) is 65.7 Å². The Hall–Kier alpha value is -2.33. The SMILES string of the molecule is CC[C@H](C(=O)NC[C@H](c1ccc(OC)cc1)N1CCCC1)c1ccccc1. The van der Waals surface area contributed by atoms with Crippen LogP contribution in [0.3, 0.4) is 0 Å². The molecular weight excluding hydrogens is 336 g/mol. The lowest BCUT2D eigenvalue weighted by Gasteiger charge is -2.29. The molecule has 144 valence electrons. The summed E-state index contributed by atoms with van der Waals surface area (Å²) in [4.78, 5) is 15.4. The molecule has 0 bridgehead atoms. The van der Waals surface area contributed by atoms with Crippen LogP contribution in [0.25, 0.3) is 0 Å². The Morgan fingerprint density at radius 2 is 1.70 bits per heavy atom. The highest BCUT2D eigenvalue weighted by Crippen LogP contribution is 2.27. The number of amides is 1. The maximum atomic E-state index is 12.9. The van der Waals surface area contributed by atoms with E-state index in [1.165, 1.54) is 18.4 Å². The van der Waals surface area contributed by atoms with Crippen LogP contribution in [-0.4, -0.2) is 37.6 Å². The first-order valence-electron chi connectivity index (χ1n) is 9.93. The highest BCUT2D eigenvalue weighted by atomic mass is 16.5. The van der Waals surface area contributed by atoms with E-state index in [9.17, 15) is 4.79 Å². The second-order valence-electron chi connectivity index (χ2n) is 7.15. The Kier molecular flexibility index (Phi) is 6.88. The van der Waals surface area contributed by atoms with E-state index in [-0.39, 0.29) is 17.9 Å². The molecule has 0 spiro atoms. The third kappa shape index (κ3) is 4.89. The molecule has 3 rings (SSSR count). The molecule has 1 aliphatic heterocycles. The Labute approximate surface area is 162 Å². The minimum Gasteiger partial charge on any atom is -0.497 e. The Balaban J connectivity index is 1.70. The largest absolute Gasteiger partial charge is 0.497 e. The highest BCUT2D eigenvalue weighted by molar-refractivity contribution is 5.83. The lowest BCUT2D eigenvalue weighted by atomic mass is 9.95. The van der Waals surface area contributed by atoms with Crippen molar-refractivity contribution in [2.75, 3.05) is 26.7 Å². The van der Waals surface area contributed by atoms with Crippen molar-refractivity contribution < 1.29 is 9.53 Å². The zero-order valence-electron chi connectivity index (χ0n) is 16.4. The van der Waals surface area contributed by atoms with Gasteiger partial charge in [0.2, 0.25) is 5.91 Å². The normalized spacial score (nSPS) is 16.7. The van der Waals surface area contributed by atoms with E-state index < -0.39 is 0 Å². The first-order chi connectivity index (χ1) is 13.2. The average Bonchev–Trinajstić information content (AvgIpc) is 3.24. The molecule has 1 saturated heterocycles. The second kappa shape index (κ2) is 9.56. The maximum Gasteiger partial charge on any atom is 0.227 e. The van der Waals surface area contributed by atoms with E-state index in [0.717, 1.165) is 30.8 Å². The van der Waals surface area contributed by atoms with E-state index in [1.54, 1.807) is 7.11 Å². The molecule has 2 aromatic rings. The van der Waals surface area contributed by atoms with Crippen molar-refractivity contribution >= 4 is 5.91 Å². The number of carbonyl (C=O) groups is 1. The number of rotatable bonds is 8. The smallest absolute Gasteiger partial charge is 0.227 e. The van der Waals surface area contributed by atoms with Crippen LogP contribution in [0.5, 0.6) is 5.75 Å². The zero-order valence-corrected chi connectivity index (χ0v) is 16.4. The van der Waals surface area contributed by atoms with Gasteiger partial charge < -0.3 is 10.1 Å². The summed E-state index contributed by atoms with van der Waals surface area (Å²) < 4.78 is 5.28. The van der Waals surface area contributed by atoms with E-state index in [1.807, 2.05) is 42.5 Å². The molecule has 0 saturated carbocycles. The molecule has 1 fully saturated rings. The van der Waals surface area contributed by atoms with E-state index in [2.05, 4.69) is 29.3 Å². The molecule has 2 atom stereocenters. The Morgan fingerprint density at radius 1 is 1.04 bits per heavy atom. The number of likely N-dealkylation sites (tertiary alicyclic amines) is 1. The number of carbonyl (C=O) groups excluding carboxylic acids is 1. The third-order valence-corrected chi connectivity index (χ3v) is 5.48. The summed E-state index contributed by atoms with van der Waals surface area (Å²) >= 11 is 0. The number of nitrogens with one attached hydrogen (secondary N) is 1. The van der Waals surface area contributed by atoms with Gasteiger partial charge >= 0.3 is 0 Å². The van der Waals surface area contributed by atoms with Crippen molar-refractivity contribution in [3.8, 4) is 5.75 Å². The molecule has 4 nitrogen and oxygen atoms in total. The lowest BCUT2D eigenvalue weighted by Crippen LogP contribution is -2.38. The van der Waals surface area contributed by atoms with Crippen LogP contribution in [0.1, 0.15) is 49.3 Å². The van der Waals surface area contributed by atoms with Crippen LogP contribution in [0.4, 0.5) is 0 Å². The van der Waals surface area contributed by atoms with Gasteiger partial charge in [0, 0.05) is 6.54 Å². The Bertz CT molecular complexity index is 709. The van der Waals surface area contributed by atoms with Crippen LogP contribution in [0.2, 0.25) is 0 Å². The van der Waals surface area contributed by atoms with Gasteiger partial charge in [-0.05, 0) is 55.6 Å². The summed E-state index contributed by atoms with van der Waals surface area (Å²) in [6, 6.07) is 18.5. The van der Waals surface area contributed by atoms with Crippen LogP contribution >= 0.6 is 0 Å². The van der Waals surface area contributed by atoms with Crippen molar-refractivity contribution in [3.63, 3.8) is 0 Å².